The monoisotopic (exact) mass is 397 g/mol. The number of halogens is 1. The van der Waals surface area contributed by atoms with E-state index in [9.17, 15) is 9.59 Å². The highest BCUT2D eigenvalue weighted by Gasteiger charge is 2.57. The summed E-state index contributed by atoms with van der Waals surface area (Å²) >= 11 is 3.98. The van der Waals surface area contributed by atoms with E-state index in [-0.39, 0.29) is 34.3 Å². The molecular formula is C19H28BrNO3. The number of ether oxygens (including phenoxy) is 1. The molecule has 0 radical (unpaired) electrons. The van der Waals surface area contributed by atoms with Crippen LogP contribution in [0.5, 0.6) is 0 Å². The number of amides is 1. The van der Waals surface area contributed by atoms with Gasteiger partial charge in [0.25, 0.3) is 5.91 Å². The van der Waals surface area contributed by atoms with Gasteiger partial charge in [-0.15, -0.1) is 0 Å². The lowest BCUT2D eigenvalue weighted by molar-refractivity contribution is -0.154. The van der Waals surface area contributed by atoms with E-state index < -0.39 is 0 Å². The molecule has 4 nitrogen and oxygen atoms in total. The van der Waals surface area contributed by atoms with E-state index in [0.29, 0.717) is 12.3 Å². The van der Waals surface area contributed by atoms with E-state index in [1.165, 1.54) is 32.1 Å². The Bertz CT molecular complexity index is 531. The fourth-order valence-electron chi connectivity index (χ4n) is 6.06. The van der Waals surface area contributed by atoms with Crippen LogP contribution in [0.4, 0.5) is 0 Å². The molecule has 5 aliphatic rings. The number of nitrogens with one attached hydrogen (secondary N) is 1. The maximum atomic E-state index is 12.4. The van der Waals surface area contributed by atoms with Gasteiger partial charge in [-0.2, -0.15) is 0 Å². The molecule has 0 aromatic heterocycles. The zero-order valence-electron chi connectivity index (χ0n) is 14.5. The van der Waals surface area contributed by atoms with Crippen molar-refractivity contribution in [2.45, 2.75) is 75.1 Å². The molecule has 24 heavy (non-hydrogen) atoms. The van der Waals surface area contributed by atoms with E-state index >= 15 is 0 Å². The molecule has 1 amide bonds. The maximum Gasteiger partial charge on any atom is 0.306 e. The van der Waals surface area contributed by atoms with Crippen molar-refractivity contribution < 1.29 is 14.3 Å². The minimum absolute atomic E-state index is 0.114. The summed E-state index contributed by atoms with van der Waals surface area (Å²) in [7, 11) is 0. The first kappa shape index (κ1) is 16.9. The number of hydrogen-bond acceptors (Lipinski definition) is 3. The fourth-order valence-corrected chi connectivity index (χ4v) is 7.57. The third-order valence-electron chi connectivity index (χ3n) is 6.71. The Morgan fingerprint density at radius 2 is 1.88 bits per heavy atom. The summed E-state index contributed by atoms with van der Waals surface area (Å²) in [5.41, 5.74) is 0.114. The van der Waals surface area contributed by atoms with Gasteiger partial charge < -0.3 is 10.1 Å². The molecule has 5 aliphatic carbocycles. The Kier molecular flexibility index (Phi) is 4.21. The van der Waals surface area contributed by atoms with Gasteiger partial charge in [0.05, 0.1) is 6.42 Å². The normalized spacial score (nSPS) is 41.1. The molecule has 0 saturated heterocycles. The fraction of sp³-hybridized carbons (Fsp3) is 0.895. The highest BCUT2D eigenvalue weighted by Crippen LogP contribution is 2.65. The Labute approximate surface area is 152 Å². The van der Waals surface area contributed by atoms with Crippen molar-refractivity contribution in [3.05, 3.63) is 0 Å². The van der Waals surface area contributed by atoms with Crippen LogP contribution in [0, 0.1) is 23.2 Å². The van der Waals surface area contributed by atoms with E-state index in [2.05, 4.69) is 21.2 Å². The van der Waals surface area contributed by atoms with Crippen LogP contribution in [0.2, 0.25) is 0 Å². The van der Waals surface area contributed by atoms with Crippen molar-refractivity contribution in [1.82, 2.24) is 5.32 Å². The lowest BCUT2D eigenvalue weighted by atomic mass is 9.49. The van der Waals surface area contributed by atoms with Gasteiger partial charge in [0, 0.05) is 10.4 Å². The SMILES string of the molecule is C[C@H](NC(=O)COC(=O)CC12C[C@@H]3C[C@H](CC(Br)(C3)C1)C2)C1CC1. The van der Waals surface area contributed by atoms with Crippen LogP contribution in [0.15, 0.2) is 0 Å². The number of hydrogen-bond donors (Lipinski definition) is 1. The van der Waals surface area contributed by atoms with E-state index in [4.69, 9.17) is 4.74 Å². The molecule has 0 aliphatic heterocycles. The first-order valence-electron chi connectivity index (χ1n) is 9.49. The lowest BCUT2D eigenvalue weighted by Crippen LogP contribution is -2.53. The van der Waals surface area contributed by atoms with Crippen molar-refractivity contribution >= 4 is 27.8 Å². The summed E-state index contributed by atoms with van der Waals surface area (Å²) in [5.74, 6) is 1.79. The molecular weight excluding hydrogens is 370 g/mol. The Morgan fingerprint density at radius 1 is 1.21 bits per heavy atom. The smallest absolute Gasteiger partial charge is 0.306 e. The molecule has 5 rings (SSSR count). The zero-order chi connectivity index (χ0) is 16.9. The van der Waals surface area contributed by atoms with Crippen LogP contribution in [0.3, 0.4) is 0 Å². The third kappa shape index (κ3) is 3.51. The quantitative estimate of drug-likeness (QED) is 0.550. The largest absolute Gasteiger partial charge is 0.456 e. The summed E-state index contributed by atoms with van der Waals surface area (Å²) in [6.07, 6.45) is 10.2. The maximum absolute atomic E-state index is 12.4. The molecule has 5 heteroatoms. The second-order valence-corrected chi connectivity index (χ2v) is 10.8. The van der Waals surface area contributed by atoms with Crippen molar-refractivity contribution in [3.8, 4) is 0 Å². The van der Waals surface area contributed by atoms with Gasteiger partial charge in [-0.05, 0) is 81.5 Å². The number of carbonyl (C=O) groups is 2. The molecule has 1 N–H and O–H groups in total. The first-order chi connectivity index (χ1) is 11.3. The second kappa shape index (κ2) is 6.00. The summed E-state index contributed by atoms with van der Waals surface area (Å²) in [5, 5.41) is 2.94. The van der Waals surface area contributed by atoms with Crippen LogP contribution in [0.25, 0.3) is 0 Å². The summed E-state index contributed by atoms with van der Waals surface area (Å²) in [6, 6.07) is 0.201. The molecule has 5 fully saturated rings. The summed E-state index contributed by atoms with van der Waals surface area (Å²) in [6.45, 7) is 1.90. The first-order valence-corrected chi connectivity index (χ1v) is 10.3. The number of carbonyl (C=O) groups excluding carboxylic acids is 2. The molecule has 5 saturated carbocycles. The number of alkyl halides is 1. The van der Waals surface area contributed by atoms with Crippen molar-refractivity contribution in [3.63, 3.8) is 0 Å². The van der Waals surface area contributed by atoms with E-state index in [1.54, 1.807) is 0 Å². The average molecular weight is 398 g/mol. The Morgan fingerprint density at radius 3 is 2.46 bits per heavy atom. The number of rotatable bonds is 6. The molecule has 134 valence electrons. The molecule has 0 aromatic carbocycles. The third-order valence-corrected chi connectivity index (χ3v) is 7.64. The van der Waals surface area contributed by atoms with Crippen LogP contribution in [-0.4, -0.2) is 28.8 Å². The predicted octanol–water partition coefficient (Wildman–Crippen LogP) is 3.57. The minimum Gasteiger partial charge on any atom is -0.456 e. The predicted molar refractivity (Wildman–Crippen MR) is 94.7 cm³/mol. The number of esters is 1. The Hall–Kier alpha value is -0.580. The van der Waals surface area contributed by atoms with Gasteiger partial charge in [0.1, 0.15) is 0 Å². The van der Waals surface area contributed by atoms with Crippen molar-refractivity contribution in [1.29, 1.82) is 0 Å². The summed E-state index contributed by atoms with van der Waals surface area (Å²) in [4.78, 5) is 24.3. The van der Waals surface area contributed by atoms with Gasteiger partial charge >= 0.3 is 5.97 Å². The van der Waals surface area contributed by atoms with Gasteiger partial charge in [-0.1, -0.05) is 15.9 Å². The minimum atomic E-state index is -0.192. The topological polar surface area (TPSA) is 55.4 Å². The van der Waals surface area contributed by atoms with Gasteiger partial charge in [-0.3, -0.25) is 9.59 Å². The van der Waals surface area contributed by atoms with Crippen LogP contribution < -0.4 is 5.32 Å². The van der Waals surface area contributed by atoms with E-state index in [1.807, 2.05) is 6.92 Å². The highest BCUT2D eigenvalue weighted by molar-refractivity contribution is 9.10. The van der Waals surface area contributed by atoms with Crippen LogP contribution in [-0.2, 0) is 14.3 Å². The molecule has 0 unspecified atom stereocenters. The van der Waals surface area contributed by atoms with Crippen molar-refractivity contribution in [2.75, 3.05) is 6.61 Å². The van der Waals surface area contributed by atoms with Gasteiger partial charge in [0.2, 0.25) is 0 Å². The summed E-state index contributed by atoms with van der Waals surface area (Å²) < 4.78 is 5.57. The molecule has 0 spiro atoms. The van der Waals surface area contributed by atoms with Gasteiger partial charge in [0.15, 0.2) is 6.61 Å². The van der Waals surface area contributed by atoms with Crippen LogP contribution in [0.1, 0.15) is 64.7 Å². The standard InChI is InChI=1S/C19H28BrNO3/c1-12(15-2-3-15)21-16(22)10-24-17(23)9-18-5-13-4-14(6-18)8-19(20,7-13)11-18/h12-15H,2-11H2,1H3,(H,21,22)/t12-,13-,14-,18?,19?/m0/s1. The van der Waals surface area contributed by atoms with Gasteiger partial charge in [-0.25, -0.2) is 0 Å². The second-order valence-electron chi connectivity index (χ2n) is 9.14. The molecule has 0 aromatic rings. The van der Waals surface area contributed by atoms with Crippen molar-refractivity contribution in [2.24, 2.45) is 23.2 Å². The average Bonchev–Trinajstić information content (AvgIpc) is 3.26. The highest BCUT2D eigenvalue weighted by atomic mass is 79.9. The lowest BCUT2D eigenvalue weighted by Gasteiger charge is -2.60. The Balaban J connectivity index is 1.27. The molecule has 4 bridgehead atoms. The molecule has 3 atom stereocenters. The van der Waals surface area contributed by atoms with E-state index in [0.717, 1.165) is 31.1 Å². The molecule has 0 heterocycles. The zero-order valence-corrected chi connectivity index (χ0v) is 16.1. The van der Waals surface area contributed by atoms with Crippen LogP contribution >= 0.6 is 15.9 Å².